The molecule has 396 valence electrons. The van der Waals surface area contributed by atoms with Crippen molar-refractivity contribution >= 4 is 68.8 Å². The van der Waals surface area contributed by atoms with Gasteiger partial charge in [0.1, 0.15) is 13.9 Å². The molecule has 2 aliphatic heterocycles. The van der Waals surface area contributed by atoms with Gasteiger partial charge < -0.3 is 19.4 Å². The summed E-state index contributed by atoms with van der Waals surface area (Å²) in [6, 6.07) is 71.5. The molecular formula is C72H65N4OPtSi-3. The van der Waals surface area contributed by atoms with Crippen molar-refractivity contribution in [1.29, 1.82) is 0 Å². The van der Waals surface area contributed by atoms with Crippen molar-refractivity contribution in [2.45, 2.75) is 78.6 Å². The molecule has 3 heterocycles. The summed E-state index contributed by atoms with van der Waals surface area (Å²) in [4.78, 5) is 11.5. The smallest absolute Gasteiger partial charge is 0.135 e. The molecular weight excluding hydrogens is 1160 g/mol. The molecule has 0 N–H and O–H groups in total. The number of rotatable bonds is 9. The zero-order chi connectivity index (χ0) is 58.3. The summed E-state index contributed by atoms with van der Waals surface area (Å²) in [5.41, 5.74) is 10.3. The number of anilines is 7. The third-order valence-electron chi connectivity index (χ3n) is 15.2. The Bertz CT molecular complexity index is 4060. The topological polar surface area (TPSA) is 31.8 Å². The van der Waals surface area contributed by atoms with Gasteiger partial charge in [-0.1, -0.05) is 236 Å². The number of ether oxygens (including phenoxy) is 1. The van der Waals surface area contributed by atoms with Gasteiger partial charge in [-0.05, 0) is 79.6 Å². The summed E-state index contributed by atoms with van der Waals surface area (Å²) in [6.45, 7) is 22.0. The Kier molecular flexibility index (Phi) is 12.4. The maximum Gasteiger partial charge on any atom is 0.135 e. The van der Waals surface area contributed by atoms with Crippen LogP contribution >= 0.6 is 0 Å². The molecule has 12 rings (SSSR count). The quantitative estimate of drug-likeness (QED) is 0.106. The first kappa shape index (κ1) is 47.3. The van der Waals surface area contributed by atoms with Gasteiger partial charge in [0, 0.05) is 72.6 Å². The minimum Gasteiger partial charge on any atom is -0.509 e. The third-order valence-corrected chi connectivity index (χ3v) is 20.1. The van der Waals surface area contributed by atoms with Crippen LogP contribution in [-0.4, -0.2) is 13.1 Å². The van der Waals surface area contributed by atoms with Crippen molar-refractivity contribution in [3.8, 4) is 33.8 Å². The SMILES string of the molecule is [2H]c1c([2H])c([2H])c(-c2cccc(-c3cc(C(C)(C)C)cc(C(C)(C)C)c3)c2N2[CH-]N(c3[c-]c(Oc4[c-]c5c(cc4)[Si](c4ccccc4)(c4ccccc4)c4ccccc4N5c4cc(C(C)(C)C)ccn4)ccc3)c3ccccc32)c([2H])c1[2H].[Pt]. The van der Waals surface area contributed by atoms with Gasteiger partial charge in [0.25, 0.3) is 0 Å². The average Bonchev–Trinajstić information content (AvgIpc) is 0.888. The fraction of sp³-hybridized carbons (Fsp3) is 0.167. The Morgan fingerprint density at radius 3 is 1.68 bits per heavy atom. The van der Waals surface area contributed by atoms with E-state index in [1.165, 1.54) is 15.6 Å². The standard InChI is InChI=1S/C72H65N4OSi.Pt/c1-70(2,3)52-41-42-73-68(46-52)76-64-37-21-22-38-66(64)78(58-29-15-11-16-30-58,59-31-17-12-18-32-59)67-40-39-57(48-65(67)76)77-56-28-23-27-55(47-56)74-49-75(63-36-20-19-35-62(63)74)69-60(50-25-13-10-14-26-50)33-24-34-61(69)51-43-53(71(4,5)6)45-54(44-51)72(7,8)9;/h10-46,49H,1-9H3;/q-3;/i10D,13D,14D,25D,26D;. The van der Waals surface area contributed by atoms with Gasteiger partial charge >= 0.3 is 0 Å². The van der Waals surface area contributed by atoms with Crippen molar-refractivity contribution in [3.05, 3.63) is 260 Å². The van der Waals surface area contributed by atoms with Crippen LogP contribution in [0.5, 0.6) is 11.5 Å². The molecule has 0 unspecified atom stereocenters. The molecule has 5 nitrogen and oxygen atoms in total. The first-order chi connectivity index (χ1) is 39.6. The van der Waals surface area contributed by atoms with Crippen LogP contribution in [0, 0.1) is 18.8 Å². The van der Waals surface area contributed by atoms with Crippen LogP contribution in [0.15, 0.2) is 224 Å². The Morgan fingerprint density at radius 1 is 0.494 bits per heavy atom. The van der Waals surface area contributed by atoms with E-state index in [4.69, 9.17) is 13.8 Å². The molecule has 2 aliphatic rings. The number of nitrogens with zero attached hydrogens (tertiary/aromatic N) is 4. The van der Waals surface area contributed by atoms with Gasteiger partial charge in [-0.25, -0.2) is 4.98 Å². The zero-order valence-electron chi connectivity index (χ0n) is 51.1. The van der Waals surface area contributed by atoms with E-state index in [-0.39, 0.29) is 55.0 Å². The largest absolute Gasteiger partial charge is 0.509 e. The Morgan fingerprint density at radius 2 is 1.05 bits per heavy atom. The average molecular weight is 1230 g/mol. The van der Waals surface area contributed by atoms with E-state index in [1.54, 1.807) is 0 Å². The Balaban J connectivity index is 0.00000736. The minimum absolute atomic E-state index is 0. The fourth-order valence-corrected chi connectivity index (χ4v) is 16.2. The number of benzene rings is 9. The summed E-state index contributed by atoms with van der Waals surface area (Å²) >= 11 is 0. The van der Waals surface area contributed by atoms with Crippen LogP contribution in [0.4, 0.5) is 39.9 Å². The summed E-state index contributed by atoms with van der Waals surface area (Å²) in [6.07, 6.45) is 1.91. The zero-order valence-corrected chi connectivity index (χ0v) is 49.3. The molecule has 0 bridgehead atoms. The molecule has 10 aromatic rings. The van der Waals surface area contributed by atoms with Crippen molar-refractivity contribution < 1.29 is 32.7 Å². The Hall–Kier alpha value is -7.76. The predicted molar refractivity (Wildman–Crippen MR) is 329 cm³/mol. The van der Waals surface area contributed by atoms with E-state index >= 15 is 0 Å². The van der Waals surface area contributed by atoms with Gasteiger partial charge in [-0.2, -0.15) is 12.1 Å². The fourth-order valence-electron chi connectivity index (χ4n) is 11.2. The first-order valence-electron chi connectivity index (χ1n) is 29.3. The molecule has 0 radical (unpaired) electrons. The first-order valence-corrected chi connectivity index (χ1v) is 28.8. The molecule has 0 atom stereocenters. The van der Waals surface area contributed by atoms with Crippen LogP contribution < -0.4 is 40.2 Å². The van der Waals surface area contributed by atoms with Gasteiger partial charge in [-0.3, -0.25) is 0 Å². The van der Waals surface area contributed by atoms with E-state index in [0.29, 0.717) is 28.4 Å². The molecule has 0 saturated carbocycles. The number of fused-ring (bicyclic) bond motifs is 3. The van der Waals surface area contributed by atoms with Crippen LogP contribution in [0.3, 0.4) is 0 Å². The van der Waals surface area contributed by atoms with Crippen LogP contribution in [0.25, 0.3) is 22.3 Å². The molecule has 0 aliphatic carbocycles. The van der Waals surface area contributed by atoms with Crippen molar-refractivity contribution in [3.63, 3.8) is 0 Å². The monoisotopic (exact) mass is 1230 g/mol. The van der Waals surface area contributed by atoms with E-state index in [1.807, 2.05) is 67.5 Å². The molecule has 0 saturated heterocycles. The summed E-state index contributed by atoms with van der Waals surface area (Å²) < 4.78 is 51.8. The minimum atomic E-state index is -3.03. The van der Waals surface area contributed by atoms with Crippen LogP contribution in [0.1, 0.15) is 85.9 Å². The van der Waals surface area contributed by atoms with Crippen LogP contribution in [-0.2, 0) is 37.3 Å². The second kappa shape index (κ2) is 20.8. The van der Waals surface area contributed by atoms with E-state index in [9.17, 15) is 2.74 Å². The molecule has 7 heteroatoms. The maximum absolute atomic E-state index is 9.31. The second-order valence-electron chi connectivity index (χ2n) is 23.4. The van der Waals surface area contributed by atoms with Crippen molar-refractivity contribution in [2.75, 3.05) is 14.7 Å². The molecule has 0 amide bonds. The van der Waals surface area contributed by atoms with Crippen molar-refractivity contribution in [1.82, 2.24) is 4.98 Å². The van der Waals surface area contributed by atoms with E-state index in [2.05, 4.69) is 223 Å². The number of para-hydroxylation sites is 4. The third kappa shape index (κ3) is 9.74. The van der Waals surface area contributed by atoms with Gasteiger partial charge in [0.2, 0.25) is 0 Å². The number of hydrogen-bond donors (Lipinski definition) is 0. The van der Waals surface area contributed by atoms with E-state index < -0.39 is 26.2 Å². The maximum atomic E-state index is 9.31. The van der Waals surface area contributed by atoms with Crippen LogP contribution in [0.2, 0.25) is 0 Å². The molecule has 1 aromatic heterocycles. The summed E-state index contributed by atoms with van der Waals surface area (Å²) in [7, 11) is -3.03. The summed E-state index contributed by atoms with van der Waals surface area (Å²) in [5, 5.41) is 4.93. The van der Waals surface area contributed by atoms with Gasteiger partial charge in [-0.15, -0.1) is 47.9 Å². The number of pyridine rings is 1. The normalized spacial score (nSPS) is 14.6. The molecule has 0 spiro atoms. The van der Waals surface area contributed by atoms with Gasteiger partial charge in [0.15, 0.2) is 0 Å². The molecule has 9 aromatic carbocycles. The van der Waals surface area contributed by atoms with E-state index in [0.717, 1.165) is 61.6 Å². The number of hydrogen-bond acceptors (Lipinski definition) is 5. The molecule has 0 fully saturated rings. The van der Waals surface area contributed by atoms with Gasteiger partial charge in [0.05, 0.1) is 6.85 Å². The summed E-state index contributed by atoms with van der Waals surface area (Å²) in [5.74, 6) is 1.77. The predicted octanol–water partition coefficient (Wildman–Crippen LogP) is 16.3. The molecule has 79 heavy (non-hydrogen) atoms. The Labute approximate surface area is 490 Å². The number of aromatic nitrogens is 1. The second-order valence-corrected chi connectivity index (χ2v) is 27.2. The van der Waals surface area contributed by atoms with Crippen molar-refractivity contribution in [2.24, 2.45) is 0 Å².